The molecule has 0 spiro atoms. The monoisotopic (exact) mass is 450 g/mol. The van der Waals surface area contributed by atoms with E-state index in [-0.39, 0.29) is 24.6 Å². The van der Waals surface area contributed by atoms with E-state index in [2.05, 4.69) is 9.98 Å². The van der Waals surface area contributed by atoms with Gasteiger partial charge in [-0.3, -0.25) is 9.98 Å². The summed E-state index contributed by atoms with van der Waals surface area (Å²) in [7, 11) is 0. The quantitative estimate of drug-likeness (QED) is 0.317. The van der Waals surface area contributed by atoms with Crippen LogP contribution in [-0.4, -0.2) is 46.9 Å². The highest BCUT2D eigenvalue weighted by atomic mass is 16.3. The first-order valence-corrected chi connectivity index (χ1v) is 11.1. The Labute approximate surface area is 199 Å². The Morgan fingerprint density at radius 1 is 0.559 bits per heavy atom. The Morgan fingerprint density at radius 3 is 1.38 bits per heavy atom. The first-order valence-electron chi connectivity index (χ1n) is 11.1. The van der Waals surface area contributed by atoms with E-state index in [0.29, 0.717) is 11.1 Å². The fourth-order valence-corrected chi connectivity index (χ4v) is 3.64. The molecule has 0 bridgehead atoms. The van der Waals surface area contributed by atoms with Crippen LogP contribution in [0.5, 0.6) is 11.5 Å². The number of nitrogens with zero attached hydrogens (tertiary/aromatic N) is 2. The van der Waals surface area contributed by atoms with Crippen molar-refractivity contribution in [3.05, 3.63) is 108 Å². The van der Waals surface area contributed by atoms with E-state index in [4.69, 9.17) is 0 Å². The van der Waals surface area contributed by atoms with Gasteiger partial charge < -0.3 is 15.3 Å². The molecule has 0 aromatic heterocycles. The largest absolute Gasteiger partial charge is 0.507 e. The van der Waals surface area contributed by atoms with E-state index < -0.39 is 6.10 Å². The molecule has 0 saturated carbocycles. The molecule has 0 radical (unpaired) electrons. The minimum atomic E-state index is -0.786. The number of aliphatic hydroxyl groups is 1. The lowest BCUT2D eigenvalue weighted by atomic mass is 10.0. The zero-order valence-electron chi connectivity index (χ0n) is 18.6. The number of benzene rings is 4. The van der Waals surface area contributed by atoms with Crippen molar-refractivity contribution in [2.45, 2.75) is 6.10 Å². The Kier molecular flexibility index (Phi) is 7.48. The van der Waals surface area contributed by atoms with E-state index in [1.165, 1.54) is 0 Å². The van der Waals surface area contributed by atoms with E-state index in [0.717, 1.165) is 22.3 Å². The SMILES string of the molecule is Oc1c(C=NCC(O)CN=Cc2cccc(-c3ccccc3)c2O)cccc1-c1ccccc1. The minimum Gasteiger partial charge on any atom is -0.507 e. The summed E-state index contributed by atoms with van der Waals surface area (Å²) in [4.78, 5) is 8.55. The molecule has 0 saturated heterocycles. The van der Waals surface area contributed by atoms with Crippen LogP contribution in [0.4, 0.5) is 0 Å². The fraction of sp³-hybridized carbons (Fsp3) is 0.103. The number of rotatable bonds is 8. The minimum absolute atomic E-state index is 0.141. The standard InChI is InChI=1S/C29H26N2O3/c32-25(19-30-17-23-13-7-15-26(28(23)33)21-9-3-1-4-10-21)20-31-18-24-14-8-16-27(29(24)34)22-11-5-2-6-12-22/h1-18,25,32-34H,19-20H2. The molecule has 170 valence electrons. The summed E-state index contributed by atoms with van der Waals surface area (Å²) in [6, 6.07) is 30.3. The van der Waals surface area contributed by atoms with Gasteiger partial charge >= 0.3 is 0 Å². The molecule has 0 heterocycles. The van der Waals surface area contributed by atoms with Gasteiger partial charge in [-0.05, 0) is 23.3 Å². The normalized spacial score (nSPS) is 12.4. The Balaban J connectivity index is 1.37. The van der Waals surface area contributed by atoms with Crippen molar-refractivity contribution in [2.75, 3.05) is 13.1 Å². The first kappa shape index (κ1) is 23.0. The summed E-state index contributed by atoms with van der Waals surface area (Å²) in [5.74, 6) is 0.303. The third-order valence-electron chi connectivity index (χ3n) is 5.40. The number of phenols is 2. The summed E-state index contributed by atoms with van der Waals surface area (Å²) in [5, 5.41) is 31.5. The highest BCUT2D eigenvalue weighted by molar-refractivity contribution is 5.89. The molecule has 0 fully saturated rings. The second-order valence-corrected chi connectivity index (χ2v) is 7.86. The predicted molar refractivity (Wildman–Crippen MR) is 138 cm³/mol. The molecule has 5 nitrogen and oxygen atoms in total. The molecule has 34 heavy (non-hydrogen) atoms. The summed E-state index contributed by atoms with van der Waals surface area (Å²) in [6.07, 6.45) is 2.33. The third kappa shape index (κ3) is 5.57. The van der Waals surface area contributed by atoms with Crippen molar-refractivity contribution in [2.24, 2.45) is 9.98 Å². The molecule has 3 N–H and O–H groups in total. The summed E-state index contributed by atoms with van der Waals surface area (Å²) >= 11 is 0. The number of phenolic OH excluding ortho intramolecular Hbond substituents is 2. The maximum Gasteiger partial charge on any atom is 0.132 e. The molecule has 0 atom stereocenters. The van der Waals surface area contributed by atoms with E-state index in [1.54, 1.807) is 24.6 Å². The van der Waals surface area contributed by atoms with Crippen molar-refractivity contribution in [3.63, 3.8) is 0 Å². The van der Waals surface area contributed by atoms with E-state index in [9.17, 15) is 15.3 Å². The van der Waals surface area contributed by atoms with Gasteiger partial charge in [0.1, 0.15) is 11.5 Å². The number of para-hydroxylation sites is 2. The second kappa shape index (κ2) is 11.1. The van der Waals surface area contributed by atoms with Gasteiger partial charge in [-0.15, -0.1) is 0 Å². The topological polar surface area (TPSA) is 85.4 Å². The molecule has 4 rings (SSSR count). The van der Waals surface area contributed by atoms with Crippen molar-refractivity contribution in [3.8, 4) is 33.8 Å². The molecular weight excluding hydrogens is 424 g/mol. The number of hydrogen-bond donors (Lipinski definition) is 3. The average molecular weight is 451 g/mol. The van der Waals surface area contributed by atoms with Crippen LogP contribution in [0, 0.1) is 0 Å². The molecule has 4 aromatic rings. The van der Waals surface area contributed by atoms with Crippen LogP contribution in [-0.2, 0) is 0 Å². The van der Waals surface area contributed by atoms with Crippen LogP contribution in [0.3, 0.4) is 0 Å². The molecule has 0 aliphatic heterocycles. The van der Waals surface area contributed by atoms with Gasteiger partial charge in [0.05, 0.1) is 19.2 Å². The smallest absolute Gasteiger partial charge is 0.132 e. The summed E-state index contributed by atoms with van der Waals surface area (Å²) in [6.45, 7) is 0.283. The van der Waals surface area contributed by atoms with Crippen molar-refractivity contribution < 1.29 is 15.3 Å². The van der Waals surface area contributed by atoms with Crippen LogP contribution in [0.15, 0.2) is 107 Å². The number of aliphatic hydroxyl groups excluding tert-OH is 1. The maximum absolute atomic E-state index is 10.6. The summed E-state index contributed by atoms with van der Waals surface area (Å²) in [5.41, 5.74) is 4.47. The van der Waals surface area contributed by atoms with Gasteiger partial charge in [-0.1, -0.05) is 84.9 Å². The third-order valence-corrected chi connectivity index (χ3v) is 5.40. The Hall–Kier alpha value is -4.22. The van der Waals surface area contributed by atoms with Gasteiger partial charge in [0.2, 0.25) is 0 Å². The predicted octanol–water partition coefficient (Wildman–Crippen LogP) is 5.33. The van der Waals surface area contributed by atoms with Crippen molar-refractivity contribution in [1.82, 2.24) is 0 Å². The zero-order valence-corrected chi connectivity index (χ0v) is 18.6. The van der Waals surface area contributed by atoms with Gasteiger partial charge in [-0.2, -0.15) is 0 Å². The second-order valence-electron chi connectivity index (χ2n) is 7.86. The van der Waals surface area contributed by atoms with Gasteiger partial charge in [0, 0.05) is 34.7 Å². The van der Waals surface area contributed by atoms with Crippen molar-refractivity contribution in [1.29, 1.82) is 0 Å². The molecule has 5 heteroatoms. The lowest BCUT2D eigenvalue weighted by Crippen LogP contribution is -2.15. The fourth-order valence-electron chi connectivity index (χ4n) is 3.64. The highest BCUT2D eigenvalue weighted by Gasteiger charge is 2.09. The molecule has 0 aliphatic rings. The van der Waals surface area contributed by atoms with Crippen LogP contribution in [0.2, 0.25) is 0 Å². The van der Waals surface area contributed by atoms with E-state index in [1.807, 2.05) is 84.9 Å². The van der Waals surface area contributed by atoms with Crippen molar-refractivity contribution >= 4 is 12.4 Å². The number of aromatic hydroxyl groups is 2. The first-order chi connectivity index (χ1) is 16.6. The molecule has 4 aromatic carbocycles. The van der Waals surface area contributed by atoms with Crippen LogP contribution in [0.1, 0.15) is 11.1 Å². The molecule has 0 amide bonds. The Morgan fingerprint density at radius 2 is 0.971 bits per heavy atom. The van der Waals surface area contributed by atoms with Crippen LogP contribution in [0.25, 0.3) is 22.3 Å². The van der Waals surface area contributed by atoms with Crippen LogP contribution < -0.4 is 0 Å². The van der Waals surface area contributed by atoms with Gasteiger partial charge in [-0.25, -0.2) is 0 Å². The highest BCUT2D eigenvalue weighted by Crippen LogP contribution is 2.32. The zero-order chi connectivity index (χ0) is 23.8. The lowest BCUT2D eigenvalue weighted by Gasteiger charge is -2.08. The molecule has 0 unspecified atom stereocenters. The van der Waals surface area contributed by atoms with Gasteiger partial charge in [0.15, 0.2) is 0 Å². The van der Waals surface area contributed by atoms with E-state index >= 15 is 0 Å². The number of aliphatic imine (C=N–C) groups is 2. The Bertz CT molecular complexity index is 1180. The summed E-state index contributed by atoms with van der Waals surface area (Å²) < 4.78 is 0. The number of hydrogen-bond acceptors (Lipinski definition) is 5. The van der Waals surface area contributed by atoms with Gasteiger partial charge in [0.25, 0.3) is 0 Å². The molecule has 0 aliphatic carbocycles. The average Bonchev–Trinajstić information content (AvgIpc) is 2.87. The van der Waals surface area contributed by atoms with Crippen LogP contribution >= 0.6 is 0 Å². The lowest BCUT2D eigenvalue weighted by molar-refractivity contribution is 0.193. The molecular formula is C29H26N2O3. The maximum atomic E-state index is 10.6.